The maximum atomic E-state index is 17.8. The molecule has 4 saturated heterocycles. The lowest BCUT2D eigenvalue weighted by atomic mass is 9.88. The number of halogens is 2. The molecule has 2 atom stereocenters. The van der Waals surface area contributed by atoms with Crippen LogP contribution in [0.25, 0.3) is 32.8 Å². The molecular formula is C43H51F2N7. The highest BCUT2D eigenvalue weighted by atomic mass is 19.1. The largest absolute Gasteiger partial charge is 0.398 e. The Hall–Kier alpha value is -4.13. The fraction of sp³-hybridized carbons (Fsp3) is 0.512. The zero-order valence-corrected chi connectivity index (χ0v) is 31.3. The Morgan fingerprint density at radius 3 is 2.42 bits per heavy atom. The van der Waals surface area contributed by atoms with E-state index in [0.717, 1.165) is 68.8 Å². The second-order valence-electron chi connectivity index (χ2n) is 17.0. The lowest BCUT2D eigenvalue weighted by molar-refractivity contribution is 0.158. The average molecular weight is 704 g/mol. The van der Waals surface area contributed by atoms with Crippen molar-refractivity contribution in [2.24, 2.45) is 10.4 Å². The molecule has 2 N–H and O–H groups in total. The molecule has 1 aromatic heterocycles. The predicted octanol–water partition coefficient (Wildman–Crippen LogP) is 7.91. The van der Waals surface area contributed by atoms with Gasteiger partial charge in [0.15, 0.2) is 5.82 Å². The molecule has 4 aliphatic heterocycles. The van der Waals surface area contributed by atoms with E-state index in [0.29, 0.717) is 34.1 Å². The minimum Gasteiger partial charge on any atom is -0.398 e. The van der Waals surface area contributed by atoms with Crippen molar-refractivity contribution in [1.82, 2.24) is 19.8 Å². The van der Waals surface area contributed by atoms with Crippen LogP contribution in [-0.2, 0) is 6.42 Å². The Kier molecular flexibility index (Phi) is 8.78. The molecule has 0 amide bonds. The number of hydrogen-bond acceptors (Lipinski definition) is 7. The summed E-state index contributed by atoms with van der Waals surface area (Å²) in [6, 6.07) is 7.32. The van der Waals surface area contributed by atoms with Gasteiger partial charge in [-0.1, -0.05) is 44.9 Å². The number of rotatable bonds is 7. The van der Waals surface area contributed by atoms with E-state index in [9.17, 15) is 0 Å². The first-order valence-electron chi connectivity index (χ1n) is 19.1. The van der Waals surface area contributed by atoms with Crippen molar-refractivity contribution in [3.63, 3.8) is 0 Å². The van der Waals surface area contributed by atoms with Crippen LogP contribution in [0.4, 0.5) is 20.3 Å². The molecular weight excluding hydrogens is 653 g/mol. The number of fused-ring (bicyclic) bond motifs is 5. The third kappa shape index (κ3) is 5.83. The zero-order chi connectivity index (χ0) is 36.5. The summed E-state index contributed by atoms with van der Waals surface area (Å²) in [6.07, 6.45) is 16.1. The average Bonchev–Trinajstić information content (AvgIpc) is 3.75. The highest BCUT2D eigenvalue weighted by Crippen LogP contribution is 2.47. The van der Waals surface area contributed by atoms with Crippen LogP contribution in [-0.4, -0.2) is 83.4 Å². The Bertz CT molecular complexity index is 2120. The van der Waals surface area contributed by atoms with E-state index in [1.165, 1.54) is 31.7 Å². The molecule has 5 heterocycles. The number of aryl methyl sites for hydroxylation is 2. The Labute approximate surface area is 306 Å². The molecule has 4 aromatic rings. The summed E-state index contributed by atoms with van der Waals surface area (Å²) in [6.45, 7) is 14.0. The van der Waals surface area contributed by atoms with Crippen molar-refractivity contribution < 1.29 is 8.78 Å². The van der Waals surface area contributed by atoms with Gasteiger partial charge < -0.3 is 10.6 Å². The van der Waals surface area contributed by atoms with E-state index in [1.807, 2.05) is 19.1 Å². The normalized spacial score (nSPS) is 21.9. The molecule has 8 rings (SSSR count). The zero-order valence-electron chi connectivity index (χ0n) is 31.3. The van der Waals surface area contributed by atoms with Gasteiger partial charge in [0.1, 0.15) is 23.0 Å². The number of nitrogens with two attached hydrogens (primary N) is 1. The number of nitrogen functional groups attached to an aromatic ring is 1. The van der Waals surface area contributed by atoms with Crippen LogP contribution >= 0.6 is 0 Å². The third-order valence-electron chi connectivity index (χ3n) is 12.2. The summed E-state index contributed by atoms with van der Waals surface area (Å²) in [4.78, 5) is 22.6. The van der Waals surface area contributed by atoms with Gasteiger partial charge >= 0.3 is 0 Å². The molecule has 0 spiro atoms. The maximum absolute atomic E-state index is 17.8. The van der Waals surface area contributed by atoms with Crippen LogP contribution in [0.5, 0.6) is 0 Å². The van der Waals surface area contributed by atoms with Gasteiger partial charge in [0.05, 0.1) is 16.6 Å². The number of likely N-dealkylation sites (tertiary alicyclic amines) is 1. The van der Waals surface area contributed by atoms with Gasteiger partial charge in [-0.05, 0) is 93.0 Å². The van der Waals surface area contributed by atoms with Gasteiger partial charge in [-0.15, -0.1) is 6.42 Å². The Balaban J connectivity index is 1.36. The molecule has 2 unspecified atom stereocenters. The molecule has 9 heteroatoms. The number of benzene rings is 3. The van der Waals surface area contributed by atoms with Gasteiger partial charge in [-0.3, -0.25) is 14.8 Å². The molecule has 0 aliphatic carbocycles. The summed E-state index contributed by atoms with van der Waals surface area (Å²) >= 11 is 0. The van der Waals surface area contributed by atoms with Gasteiger partial charge in [0, 0.05) is 73.5 Å². The SMILES string of the molecule is C#Cc1c(F)ccc2cc(C)cc(-c3c(N)c(C=NC)c4c(N5C6CCC5CN(CC(C)(C)C)C6)nc(CCC56CCCN5CCC6)nc4c3F)c12. The van der Waals surface area contributed by atoms with Crippen LogP contribution < -0.4 is 10.6 Å². The number of aliphatic imine (C=N–C) groups is 1. The van der Waals surface area contributed by atoms with Crippen LogP contribution in [0.1, 0.15) is 88.2 Å². The van der Waals surface area contributed by atoms with Crippen molar-refractivity contribution in [1.29, 1.82) is 0 Å². The van der Waals surface area contributed by atoms with E-state index < -0.39 is 11.6 Å². The standard InChI is InChI=1S/C43H51F2N7/c1-7-30-33(44)13-10-27-20-26(2)21-31(35(27)30)36-38(45)40-37(32(22-47-6)39(36)46)41(52-28-11-12-29(52)24-50(23-28)25-42(3,4)5)49-34(48-40)14-17-43-15-8-18-51(43)19-9-16-43/h1,10,13,20-22,28-29H,8-9,11-12,14-19,23-25,46H2,2-6H3. The highest BCUT2D eigenvalue weighted by Gasteiger charge is 2.45. The Morgan fingerprint density at radius 1 is 1.06 bits per heavy atom. The molecule has 0 saturated carbocycles. The van der Waals surface area contributed by atoms with E-state index in [1.54, 1.807) is 19.3 Å². The lowest BCUT2D eigenvalue weighted by Crippen LogP contribution is -2.55. The van der Waals surface area contributed by atoms with Crippen molar-refractivity contribution >= 4 is 39.4 Å². The molecule has 4 fully saturated rings. The van der Waals surface area contributed by atoms with Crippen molar-refractivity contribution in [2.45, 2.75) is 96.7 Å². The molecule has 52 heavy (non-hydrogen) atoms. The minimum absolute atomic E-state index is 0.0859. The van der Waals surface area contributed by atoms with Gasteiger partial charge in [-0.2, -0.15) is 0 Å². The number of piperazine rings is 1. The first kappa shape index (κ1) is 34.9. The smallest absolute Gasteiger partial charge is 0.159 e. The summed E-state index contributed by atoms with van der Waals surface area (Å²) in [5.74, 6) is 2.88. The second kappa shape index (κ2) is 13.1. The molecule has 7 nitrogen and oxygen atoms in total. The first-order valence-corrected chi connectivity index (χ1v) is 19.1. The molecule has 3 aromatic carbocycles. The van der Waals surface area contributed by atoms with E-state index in [2.05, 4.69) is 46.4 Å². The van der Waals surface area contributed by atoms with Gasteiger partial charge in [0.25, 0.3) is 0 Å². The van der Waals surface area contributed by atoms with Crippen molar-refractivity contribution in [2.75, 3.05) is 50.4 Å². The quantitative estimate of drug-likeness (QED) is 0.120. The highest BCUT2D eigenvalue weighted by molar-refractivity contribution is 6.15. The first-order chi connectivity index (χ1) is 24.9. The summed E-state index contributed by atoms with van der Waals surface area (Å²) in [5, 5.41) is 1.78. The van der Waals surface area contributed by atoms with Crippen molar-refractivity contribution in [3.05, 3.63) is 58.4 Å². The molecule has 0 radical (unpaired) electrons. The topological polar surface area (TPSA) is 73.9 Å². The monoisotopic (exact) mass is 703 g/mol. The fourth-order valence-electron chi connectivity index (χ4n) is 10.3. The summed E-state index contributed by atoms with van der Waals surface area (Å²) < 4.78 is 33.0. The fourth-order valence-corrected chi connectivity index (χ4v) is 10.3. The lowest BCUT2D eigenvalue weighted by Gasteiger charge is -2.44. The minimum atomic E-state index is -0.537. The van der Waals surface area contributed by atoms with E-state index >= 15 is 8.78 Å². The number of terminal acetylenes is 1. The van der Waals surface area contributed by atoms with Gasteiger partial charge in [0.2, 0.25) is 0 Å². The van der Waals surface area contributed by atoms with E-state index in [-0.39, 0.29) is 45.4 Å². The Morgan fingerprint density at radius 2 is 1.77 bits per heavy atom. The summed E-state index contributed by atoms with van der Waals surface area (Å²) in [5.41, 5.74) is 10.1. The van der Waals surface area contributed by atoms with E-state index in [4.69, 9.17) is 22.1 Å². The summed E-state index contributed by atoms with van der Waals surface area (Å²) in [7, 11) is 1.69. The van der Waals surface area contributed by atoms with Crippen LogP contribution in [0.2, 0.25) is 0 Å². The van der Waals surface area contributed by atoms with Crippen LogP contribution in [0.15, 0.2) is 29.3 Å². The third-order valence-corrected chi connectivity index (χ3v) is 12.2. The number of anilines is 2. The molecule has 2 bridgehead atoms. The number of hydrogen-bond donors (Lipinski definition) is 1. The second-order valence-corrected chi connectivity index (χ2v) is 17.0. The van der Waals surface area contributed by atoms with Crippen LogP contribution in [0, 0.1) is 36.3 Å². The molecule has 272 valence electrons. The van der Waals surface area contributed by atoms with Crippen LogP contribution in [0.3, 0.4) is 0 Å². The maximum Gasteiger partial charge on any atom is 0.159 e. The number of aromatic nitrogens is 2. The number of nitrogens with zero attached hydrogens (tertiary/aromatic N) is 6. The van der Waals surface area contributed by atoms with Crippen molar-refractivity contribution in [3.8, 4) is 23.5 Å². The predicted molar refractivity (Wildman–Crippen MR) is 209 cm³/mol. The molecule has 4 aliphatic rings. The van der Waals surface area contributed by atoms with Gasteiger partial charge in [-0.25, -0.2) is 18.7 Å².